The Morgan fingerprint density at radius 2 is 2.19 bits per heavy atom. The van der Waals surface area contributed by atoms with Crippen molar-refractivity contribution in [3.8, 4) is 10.6 Å². The highest BCUT2D eigenvalue weighted by molar-refractivity contribution is 7.13. The highest BCUT2D eigenvalue weighted by Gasteiger charge is 2.09. The second kappa shape index (κ2) is 4.53. The van der Waals surface area contributed by atoms with Crippen molar-refractivity contribution < 1.29 is 0 Å². The van der Waals surface area contributed by atoms with Gasteiger partial charge in [0.2, 0.25) is 0 Å². The first kappa shape index (κ1) is 11.6. The first-order chi connectivity index (χ1) is 7.58. The van der Waals surface area contributed by atoms with Gasteiger partial charge in [0.15, 0.2) is 0 Å². The van der Waals surface area contributed by atoms with E-state index < -0.39 is 0 Å². The molecule has 4 heteroatoms. The fraction of sp³-hybridized carbons (Fsp3) is 0.250. The van der Waals surface area contributed by atoms with E-state index in [2.05, 4.69) is 4.98 Å². The number of hydrogen-bond donors (Lipinski definition) is 1. The molecule has 0 amide bonds. The van der Waals surface area contributed by atoms with Crippen LogP contribution in [0.4, 0.5) is 0 Å². The smallest absolute Gasteiger partial charge is 0.123 e. The zero-order chi connectivity index (χ0) is 11.7. The Labute approximate surface area is 104 Å². The number of rotatable bonds is 2. The molecule has 84 valence electrons. The van der Waals surface area contributed by atoms with E-state index in [1.165, 1.54) is 0 Å². The van der Waals surface area contributed by atoms with Crippen LogP contribution in [0.15, 0.2) is 23.6 Å². The number of halogens is 1. The fourth-order valence-electron chi connectivity index (χ4n) is 1.49. The van der Waals surface area contributed by atoms with E-state index in [9.17, 15) is 0 Å². The summed E-state index contributed by atoms with van der Waals surface area (Å²) in [5.41, 5.74) is 8.99. The molecule has 2 nitrogen and oxygen atoms in total. The molecule has 16 heavy (non-hydrogen) atoms. The van der Waals surface area contributed by atoms with Crippen LogP contribution in [0.3, 0.4) is 0 Å². The second-order valence-corrected chi connectivity index (χ2v) is 5.12. The molecule has 1 aromatic heterocycles. The average Bonchev–Trinajstić information content (AvgIpc) is 2.66. The van der Waals surface area contributed by atoms with Crippen LogP contribution in [-0.4, -0.2) is 4.98 Å². The molecule has 0 fully saturated rings. The first-order valence-corrected chi connectivity index (χ1v) is 6.31. The summed E-state index contributed by atoms with van der Waals surface area (Å²) in [4.78, 5) is 4.52. The van der Waals surface area contributed by atoms with Crippen molar-refractivity contribution in [2.24, 2.45) is 5.73 Å². The van der Waals surface area contributed by atoms with Gasteiger partial charge in [-0.05, 0) is 31.5 Å². The van der Waals surface area contributed by atoms with E-state index in [0.717, 1.165) is 26.9 Å². The number of nitrogens with two attached hydrogens (primary N) is 1. The monoisotopic (exact) mass is 252 g/mol. The summed E-state index contributed by atoms with van der Waals surface area (Å²) < 4.78 is 0. The zero-order valence-electron chi connectivity index (χ0n) is 9.20. The predicted molar refractivity (Wildman–Crippen MR) is 69.9 cm³/mol. The molecule has 1 unspecified atom stereocenters. The molecule has 0 bridgehead atoms. The van der Waals surface area contributed by atoms with Crippen molar-refractivity contribution in [3.05, 3.63) is 39.9 Å². The minimum Gasteiger partial charge on any atom is -0.323 e. The van der Waals surface area contributed by atoms with E-state index >= 15 is 0 Å². The van der Waals surface area contributed by atoms with Crippen LogP contribution in [0.25, 0.3) is 10.6 Å². The molecule has 0 aliphatic rings. The molecule has 2 rings (SSSR count). The molecule has 0 radical (unpaired) electrons. The maximum absolute atomic E-state index is 5.92. The molecule has 0 aliphatic heterocycles. The van der Waals surface area contributed by atoms with Crippen molar-refractivity contribution in [3.63, 3.8) is 0 Å². The predicted octanol–water partition coefficient (Wildman–Crippen LogP) is 3.79. The largest absolute Gasteiger partial charge is 0.323 e. The summed E-state index contributed by atoms with van der Waals surface area (Å²) in [6, 6.07) is 5.82. The average molecular weight is 253 g/mol. The third-order valence-corrected chi connectivity index (χ3v) is 3.54. The summed E-state index contributed by atoms with van der Waals surface area (Å²) in [7, 11) is 0. The molecule has 0 spiro atoms. The lowest BCUT2D eigenvalue weighted by Crippen LogP contribution is -2.04. The molecular weight excluding hydrogens is 240 g/mol. The molecule has 2 aromatic rings. The van der Waals surface area contributed by atoms with Gasteiger partial charge in [-0.3, -0.25) is 0 Å². The summed E-state index contributed by atoms with van der Waals surface area (Å²) in [6.07, 6.45) is 0. The lowest BCUT2D eigenvalue weighted by Gasteiger charge is -2.02. The molecule has 0 aliphatic carbocycles. The van der Waals surface area contributed by atoms with Crippen LogP contribution < -0.4 is 5.73 Å². The fourth-order valence-corrected chi connectivity index (χ4v) is 2.73. The number of aryl methyl sites for hydroxylation is 1. The van der Waals surface area contributed by atoms with Gasteiger partial charge in [-0.15, -0.1) is 11.3 Å². The number of hydrogen-bond acceptors (Lipinski definition) is 3. The van der Waals surface area contributed by atoms with Crippen molar-refractivity contribution >= 4 is 22.9 Å². The number of thiazole rings is 1. The Balaban J connectivity index is 2.42. The Bertz CT molecular complexity index is 505. The Morgan fingerprint density at radius 1 is 1.44 bits per heavy atom. The van der Waals surface area contributed by atoms with Crippen LogP contribution >= 0.6 is 22.9 Å². The van der Waals surface area contributed by atoms with E-state index in [0.29, 0.717) is 0 Å². The van der Waals surface area contributed by atoms with Gasteiger partial charge in [0.05, 0.1) is 5.69 Å². The Kier molecular flexibility index (Phi) is 3.28. The molecular formula is C12H13ClN2S. The quantitative estimate of drug-likeness (QED) is 0.883. The Morgan fingerprint density at radius 3 is 2.75 bits per heavy atom. The van der Waals surface area contributed by atoms with Crippen molar-refractivity contribution in [1.29, 1.82) is 0 Å². The lowest BCUT2D eigenvalue weighted by molar-refractivity contribution is 0.790. The molecule has 2 N–H and O–H groups in total. The molecule has 1 atom stereocenters. The molecule has 1 heterocycles. The summed E-state index contributed by atoms with van der Waals surface area (Å²) in [5, 5.41) is 3.76. The van der Waals surface area contributed by atoms with Gasteiger partial charge in [-0.25, -0.2) is 4.98 Å². The standard InChI is InChI=1S/C12H13ClN2S/c1-7-5-9(13)3-4-10(7)12-15-11(6-16-12)8(2)14/h3-6,8H,14H2,1-2H3. The zero-order valence-corrected chi connectivity index (χ0v) is 10.8. The van der Waals surface area contributed by atoms with Crippen LogP contribution in [0, 0.1) is 6.92 Å². The summed E-state index contributed by atoms with van der Waals surface area (Å²) >= 11 is 7.54. The summed E-state index contributed by atoms with van der Waals surface area (Å²) in [6.45, 7) is 3.97. The minimum atomic E-state index is -0.0161. The highest BCUT2D eigenvalue weighted by atomic mass is 35.5. The Hall–Kier alpha value is -0.900. The van der Waals surface area contributed by atoms with E-state index in [1.54, 1.807) is 11.3 Å². The number of benzene rings is 1. The molecule has 1 aromatic carbocycles. The van der Waals surface area contributed by atoms with E-state index in [4.69, 9.17) is 17.3 Å². The van der Waals surface area contributed by atoms with Crippen LogP contribution in [0.2, 0.25) is 5.02 Å². The first-order valence-electron chi connectivity index (χ1n) is 5.05. The topological polar surface area (TPSA) is 38.9 Å². The third-order valence-electron chi connectivity index (χ3n) is 2.41. The van der Waals surface area contributed by atoms with Gasteiger partial charge < -0.3 is 5.73 Å². The van der Waals surface area contributed by atoms with E-state index in [1.807, 2.05) is 37.4 Å². The van der Waals surface area contributed by atoms with Crippen LogP contribution in [-0.2, 0) is 0 Å². The lowest BCUT2D eigenvalue weighted by atomic mass is 10.1. The molecule has 0 saturated heterocycles. The SMILES string of the molecule is Cc1cc(Cl)ccc1-c1nc(C(C)N)cs1. The van der Waals surface area contributed by atoms with Crippen molar-refractivity contribution in [2.45, 2.75) is 19.9 Å². The van der Waals surface area contributed by atoms with Crippen molar-refractivity contribution in [2.75, 3.05) is 0 Å². The van der Waals surface area contributed by atoms with Gasteiger partial charge in [0.25, 0.3) is 0 Å². The van der Waals surface area contributed by atoms with Crippen molar-refractivity contribution in [1.82, 2.24) is 4.98 Å². The normalized spacial score (nSPS) is 12.8. The third kappa shape index (κ3) is 2.26. The number of aromatic nitrogens is 1. The van der Waals surface area contributed by atoms with Gasteiger partial charge in [-0.1, -0.05) is 17.7 Å². The van der Waals surface area contributed by atoms with Gasteiger partial charge in [-0.2, -0.15) is 0 Å². The maximum Gasteiger partial charge on any atom is 0.123 e. The van der Waals surface area contributed by atoms with Gasteiger partial charge >= 0.3 is 0 Å². The van der Waals surface area contributed by atoms with Crippen LogP contribution in [0.5, 0.6) is 0 Å². The number of nitrogens with zero attached hydrogens (tertiary/aromatic N) is 1. The molecule has 0 saturated carbocycles. The minimum absolute atomic E-state index is 0.0161. The van der Waals surface area contributed by atoms with E-state index in [-0.39, 0.29) is 6.04 Å². The summed E-state index contributed by atoms with van der Waals surface area (Å²) in [5.74, 6) is 0. The van der Waals surface area contributed by atoms with Crippen LogP contribution in [0.1, 0.15) is 24.2 Å². The highest BCUT2D eigenvalue weighted by Crippen LogP contribution is 2.29. The van der Waals surface area contributed by atoms with Gasteiger partial charge in [0.1, 0.15) is 5.01 Å². The van der Waals surface area contributed by atoms with Gasteiger partial charge in [0, 0.05) is 22.0 Å². The second-order valence-electron chi connectivity index (χ2n) is 3.83. The maximum atomic E-state index is 5.92.